The molecule has 1 aliphatic rings. The molecule has 2 heterocycles. The van der Waals surface area contributed by atoms with E-state index in [2.05, 4.69) is 15.3 Å². The summed E-state index contributed by atoms with van der Waals surface area (Å²) in [6, 6.07) is 0.267. The summed E-state index contributed by atoms with van der Waals surface area (Å²) in [5, 5.41) is 3.53. The second-order valence-electron chi connectivity index (χ2n) is 4.80. The average molecular weight is 286 g/mol. The quantitative estimate of drug-likeness (QED) is 0.808. The van der Waals surface area contributed by atoms with E-state index in [0.717, 1.165) is 19.4 Å². The number of aromatic nitrogens is 2. The van der Waals surface area contributed by atoms with Gasteiger partial charge in [0.05, 0.1) is 6.20 Å². The van der Waals surface area contributed by atoms with Crippen LogP contribution in [0.4, 0.5) is 0 Å². The first-order chi connectivity index (χ1) is 9.07. The molecule has 0 bridgehead atoms. The zero-order chi connectivity index (χ0) is 13.9. The maximum atomic E-state index is 12.5. The minimum Gasteiger partial charge on any atom is -0.332 e. The van der Waals surface area contributed by atoms with Crippen molar-refractivity contribution >= 4 is 10.0 Å². The Hall–Kier alpha value is -0.920. The first kappa shape index (κ1) is 14.5. The van der Waals surface area contributed by atoms with Crippen LogP contribution in [-0.2, 0) is 16.4 Å². The normalized spacial score (nSPS) is 20.3. The predicted octanol–water partition coefficient (Wildman–Crippen LogP) is 0.735. The minimum atomic E-state index is -3.45. The first-order valence-corrected chi connectivity index (χ1v) is 8.29. The molecular formula is C12H22N4O2S. The van der Waals surface area contributed by atoms with E-state index < -0.39 is 10.0 Å². The highest BCUT2D eigenvalue weighted by molar-refractivity contribution is 7.89. The standard InChI is InChI=1S/C12H22N4O2S/c1-3-11-14-8-12(15-11)19(17,18)16(4-2)9-10-6-5-7-13-10/h8,10,13H,3-7,9H2,1-2H3,(H,14,15). The van der Waals surface area contributed by atoms with Gasteiger partial charge in [0.1, 0.15) is 5.82 Å². The van der Waals surface area contributed by atoms with Crippen LogP contribution in [-0.4, -0.2) is 48.4 Å². The van der Waals surface area contributed by atoms with Crippen molar-refractivity contribution in [1.82, 2.24) is 19.6 Å². The molecule has 6 nitrogen and oxygen atoms in total. The fraction of sp³-hybridized carbons (Fsp3) is 0.750. The molecule has 1 unspecified atom stereocenters. The molecule has 0 aromatic carbocycles. The Labute approximate surface area is 114 Å². The van der Waals surface area contributed by atoms with Crippen LogP contribution in [0.1, 0.15) is 32.5 Å². The monoisotopic (exact) mass is 286 g/mol. The summed E-state index contributed by atoms with van der Waals surface area (Å²) >= 11 is 0. The topological polar surface area (TPSA) is 78.1 Å². The summed E-state index contributed by atoms with van der Waals surface area (Å²) in [6.45, 7) is 5.78. The van der Waals surface area contributed by atoms with Crippen molar-refractivity contribution in [1.29, 1.82) is 0 Å². The van der Waals surface area contributed by atoms with Gasteiger partial charge in [-0.05, 0) is 19.4 Å². The van der Waals surface area contributed by atoms with Crippen LogP contribution < -0.4 is 5.32 Å². The molecule has 1 aromatic rings. The molecule has 0 saturated carbocycles. The third-order valence-corrected chi connectivity index (χ3v) is 5.35. The second kappa shape index (κ2) is 6.02. The highest BCUT2D eigenvalue weighted by Crippen LogP contribution is 2.16. The van der Waals surface area contributed by atoms with Crippen molar-refractivity contribution < 1.29 is 8.42 Å². The molecule has 0 spiro atoms. The third kappa shape index (κ3) is 3.16. The van der Waals surface area contributed by atoms with Crippen molar-refractivity contribution in [3.63, 3.8) is 0 Å². The number of nitrogens with zero attached hydrogens (tertiary/aromatic N) is 2. The van der Waals surface area contributed by atoms with Crippen LogP contribution in [0, 0.1) is 0 Å². The molecule has 2 N–H and O–H groups in total. The van der Waals surface area contributed by atoms with E-state index in [1.54, 1.807) is 0 Å². The Morgan fingerprint density at radius 1 is 1.47 bits per heavy atom. The van der Waals surface area contributed by atoms with Gasteiger partial charge in [0, 0.05) is 25.6 Å². The highest BCUT2D eigenvalue weighted by atomic mass is 32.2. The van der Waals surface area contributed by atoms with Crippen molar-refractivity contribution in [2.24, 2.45) is 0 Å². The van der Waals surface area contributed by atoms with Gasteiger partial charge in [-0.3, -0.25) is 0 Å². The second-order valence-corrected chi connectivity index (χ2v) is 6.70. The van der Waals surface area contributed by atoms with Crippen molar-refractivity contribution in [2.45, 2.75) is 44.2 Å². The number of aryl methyl sites for hydroxylation is 1. The maximum Gasteiger partial charge on any atom is 0.260 e. The number of hydrogen-bond donors (Lipinski definition) is 2. The molecule has 108 valence electrons. The van der Waals surface area contributed by atoms with Crippen LogP contribution in [0.25, 0.3) is 0 Å². The summed E-state index contributed by atoms with van der Waals surface area (Å²) in [6.07, 6.45) is 4.27. The zero-order valence-corrected chi connectivity index (χ0v) is 12.3. The van der Waals surface area contributed by atoms with Gasteiger partial charge >= 0.3 is 0 Å². The van der Waals surface area contributed by atoms with Gasteiger partial charge in [0.2, 0.25) is 0 Å². The van der Waals surface area contributed by atoms with Gasteiger partial charge in [-0.15, -0.1) is 0 Å². The summed E-state index contributed by atoms with van der Waals surface area (Å²) in [7, 11) is -3.45. The molecule has 19 heavy (non-hydrogen) atoms. The molecule has 1 aliphatic heterocycles. The number of likely N-dealkylation sites (N-methyl/N-ethyl adjacent to an activating group) is 1. The SMILES string of the molecule is CCc1ncc(S(=O)(=O)N(CC)CC2CCCN2)[nH]1. The van der Waals surface area contributed by atoms with E-state index in [4.69, 9.17) is 0 Å². The van der Waals surface area contributed by atoms with Crippen molar-refractivity contribution in [3.8, 4) is 0 Å². The molecule has 2 rings (SSSR count). The van der Waals surface area contributed by atoms with E-state index in [-0.39, 0.29) is 11.1 Å². The Kier molecular flexibility index (Phi) is 4.59. The molecule has 1 atom stereocenters. The van der Waals surface area contributed by atoms with E-state index in [1.165, 1.54) is 10.5 Å². The number of nitrogens with one attached hydrogen (secondary N) is 2. The van der Waals surface area contributed by atoms with Gasteiger partial charge in [0.15, 0.2) is 5.03 Å². The number of aromatic amines is 1. The minimum absolute atomic E-state index is 0.198. The Morgan fingerprint density at radius 3 is 2.79 bits per heavy atom. The number of H-pyrrole nitrogens is 1. The molecular weight excluding hydrogens is 264 g/mol. The predicted molar refractivity (Wildman–Crippen MR) is 73.4 cm³/mol. The number of rotatable bonds is 6. The largest absolute Gasteiger partial charge is 0.332 e. The number of sulfonamides is 1. The lowest BCUT2D eigenvalue weighted by atomic mass is 10.2. The average Bonchev–Trinajstić information content (AvgIpc) is 3.06. The fourth-order valence-electron chi connectivity index (χ4n) is 2.35. The van der Waals surface area contributed by atoms with E-state index in [1.807, 2.05) is 13.8 Å². The van der Waals surface area contributed by atoms with Crippen molar-refractivity contribution in [2.75, 3.05) is 19.6 Å². The molecule has 1 saturated heterocycles. The fourth-order valence-corrected chi connectivity index (χ4v) is 3.78. The van der Waals surface area contributed by atoms with Crippen LogP contribution in [0.15, 0.2) is 11.2 Å². The summed E-state index contributed by atoms with van der Waals surface area (Å²) in [5.74, 6) is 0.702. The summed E-state index contributed by atoms with van der Waals surface area (Å²) in [4.78, 5) is 6.95. The molecule has 0 aliphatic carbocycles. The maximum absolute atomic E-state index is 12.5. The van der Waals surface area contributed by atoms with E-state index in [0.29, 0.717) is 25.3 Å². The molecule has 0 amide bonds. The van der Waals surface area contributed by atoms with E-state index in [9.17, 15) is 8.42 Å². The Balaban J connectivity index is 2.15. The van der Waals surface area contributed by atoms with Gasteiger partial charge < -0.3 is 10.3 Å². The lowest BCUT2D eigenvalue weighted by Crippen LogP contribution is -2.41. The number of imidazole rings is 1. The number of hydrogen-bond acceptors (Lipinski definition) is 4. The van der Waals surface area contributed by atoms with Gasteiger partial charge in [0.25, 0.3) is 10.0 Å². The van der Waals surface area contributed by atoms with Crippen molar-refractivity contribution in [3.05, 3.63) is 12.0 Å². The molecule has 1 fully saturated rings. The summed E-state index contributed by atoms with van der Waals surface area (Å²) in [5.41, 5.74) is 0. The van der Waals surface area contributed by atoms with Crippen LogP contribution >= 0.6 is 0 Å². The molecule has 7 heteroatoms. The summed E-state index contributed by atoms with van der Waals surface area (Å²) < 4.78 is 26.5. The highest BCUT2D eigenvalue weighted by Gasteiger charge is 2.28. The Morgan fingerprint density at radius 2 is 2.26 bits per heavy atom. The Bertz CT molecular complexity index is 506. The van der Waals surface area contributed by atoms with Crippen LogP contribution in [0.3, 0.4) is 0 Å². The van der Waals surface area contributed by atoms with Gasteiger partial charge in [-0.2, -0.15) is 4.31 Å². The van der Waals surface area contributed by atoms with Crippen LogP contribution in [0.5, 0.6) is 0 Å². The third-order valence-electron chi connectivity index (χ3n) is 3.50. The molecule has 0 radical (unpaired) electrons. The van der Waals surface area contributed by atoms with Crippen LogP contribution in [0.2, 0.25) is 0 Å². The first-order valence-electron chi connectivity index (χ1n) is 6.85. The molecule has 1 aromatic heterocycles. The van der Waals surface area contributed by atoms with Gasteiger partial charge in [-0.1, -0.05) is 13.8 Å². The smallest absolute Gasteiger partial charge is 0.260 e. The lowest BCUT2D eigenvalue weighted by Gasteiger charge is -2.23. The lowest BCUT2D eigenvalue weighted by molar-refractivity contribution is 0.381. The van der Waals surface area contributed by atoms with Gasteiger partial charge in [-0.25, -0.2) is 13.4 Å². The zero-order valence-electron chi connectivity index (χ0n) is 11.5. The van der Waals surface area contributed by atoms with E-state index >= 15 is 0 Å².